The molecule has 0 aliphatic heterocycles. The van der Waals surface area contributed by atoms with Gasteiger partial charge in [-0.25, -0.2) is 0 Å². The summed E-state index contributed by atoms with van der Waals surface area (Å²) in [5, 5.41) is 3.38. The third-order valence-electron chi connectivity index (χ3n) is 3.78. The van der Waals surface area contributed by atoms with Crippen LogP contribution in [0.2, 0.25) is 0 Å². The van der Waals surface area contributed by atoms with E-state index in [2.05, 4.69) is 39.4 Å². The quantitative estimate of drug-likeness (QED) is 0.547. The molecule has 0 spiro atoms. The second-order valence-electron chi connectivity index (χ2n) is 5.38. The van der Waals surface area contributed by atoms with Gasteiger partial charge in [-0.15, -0.1) is 11.8 Å². The SMILES string of the molecule is COCCNCc1ccc(SCC2CCCC2)cc1Br. The lowest BCUT2D eigenvalue weighted by Gasteiger charge is -2.11. The summed E-state index contributed by atoms with van der Waals surface area (Å²) in [5.41, 5.74) is 1.31. The highest BCUT2D eigenvalue weighted by Crippen LogP contribution is 2.32. The van der Waals surface area contributed by atoms with E-state index >= 15 is 0 Å². The molecule has 0 amide bonds. The summed E-state index contributed by atoms with van der Waals surface area (Å²) in [6.45, 7) is 2.53. The minimum atomic E-state index is 0.757. The molecule has 112 valence electrons. The Morgan fingerprint density at radius 3 is 2.85 bits per heavy atom. The van der Waals surface area contributed by atoms with Crippen molar-refractivity contribution in [3.05, 3.63) is 28.2 Å². The van der Waals surface area contributed by atoms with Gasteiger partial charge in [0.2, 0.25) is 0 Å². The number of halogens is 1. The van der Waals surface area contributed by atoms with Crippen LogP contribution in [0.5, 0.6) is 0 Å². The van der Waals surface area contributed by atoms with E-state index in [0.717, 1.165) is 25.6 Å². The molecule has 1 aromatic rings. The molecule has 0 radical (unpaired) electrons. The molecule has 0 atom stereocenters. The van der Waals surface area contributed by atoms with Gasteiger partial charge in [-0.2, -0.15) is 0 Å². The van der Waals surface area contributed by atoms with Gasteiger partial charge in [0.05, 0.1) is 6.61 Å². The summed E-state index contributed by atoms with van der Waals surface area (Å²) in [6.07, 6.45) is 5.72. The van der Waals surface area contributed by atoms with Crippen molar-refractivity contribution in [1.82, 2.24) is 5.32 Å². The van der Waals surface area contributed by atoms with Crippen molar-refractivity contribution < 1.29 is 4.74 Å². The smallest absolute Gasteiger partial charge is 0.0587 e. The van der Waals surface area contributed by atoms with Gasteiger partial charge in [0, 0.05) is 35.3 Å². The van der Waals surface area contributed by atoms with Crippen LogP contribution in [0.3, 0.4) is 0 Å². The zero-order valence-corrected chi connectivity index (χ0v) is 14.6. The topological polar surface area (TPSA) is 21.3 Å². The highest BCUT2D eigenvalue weighted by molar-refractivity contribution is 9.10. The molecule has 1 aliphatic carbocycles. The second kappa shape index (κ2) is 9.08. The van der Waals surface area contributed by atoms with E-state index in [0.29, 0.717) is 0 Å². The first-order valence-corrected chi connectivity index (χ1v) is 9.18. The molecule has 4 heteroatoms. The third kappa shape index (κ3) is 5.40. The highest BCUT2D eigenvalue weighted by atomic mass is 79.9. The Bertz CT molecular complexity index is 407. The van der Waals surface area contributed by atoms with E-state index in [1.54, 1.807) is 7.11 Å². The van der Waals surface area contributed by atoms with Crippen LogP contribution in [0, 0.1) is 5.92 Å². The molecule has 2 nitrogen and oxygen atoms in total. The fourth-order valence-electron chi connectivity index (χ4n) is 2.55. The van der Waals surface area contributed by atoms with Gasteiger partial charge >= 0.3 is 0 Å². The number of hydrogen-bond acceptors (Lipinski definition) is 3. The third-order valence-corrected chi connectivity index (χ3v) is 5.75. The number of thioether (sulfide) groups is 1. The fraction of sp³-hybridized carbons (Fsp3) is 0.625. The number of methoxy groups -OCH3 is 1. The number of rotatable bonds is 8. The van der Waals surface area contributed by atoms with E-state index in [-0.39, 0.29) is 0 Å². The van der Waals surface area contributed by atoms with Gasteiger partial charge in [-0.05, 0) is 36.5 Å². The van der Waals surface area contributed by atoms with Crippen LogP contribution in [0.1, 0.15) is 31.2 Å². The van der Waals surface area contributed by atoms with Crippen LogP contribution in [-0.2, 0) is 11.3 Å². The van der Waals surface area contributed by atoms with Crippen LogP contribution in [0.25, 0.3) is 0 Å². The first-order chi connectivity index (χ1) is 9.79. The standard InChI is InChI=1S/C16H24BrNOS/c1-19-9-8-18-11-14-6-7-15(10-16(14)17)20-12-13-4-2-3-5-13/h6-7,10,13,18H,2-5,8-9,11-12H2,1H3. The average Bonchev–Trinajstić information content (AvgIpc) is 2.96. The molecule has 1 N–H and O–H groups in total. The molecule has 0 unspecified atom stereocenters. The second-order valence-corrected chi connectivity index (χ2v) is 7.33. The van der Waals surface area contributed by atoms with Gasteiger partial charge < -0.3 is 10.1 Å². The predicted octanol–water partition coefficient (Wildman–Crippen LogP) is 4.47. The van der Waals surface area contributed by atoms with Gasteiger partial charge in [0.1, 0.15) is 0 Å². The van der Waals surface area contributed by atoms with Crippen LogP contribution in [0.15, 0.2) is 27.6 Å². The van der Waals surface area contributed by atoms with E-state index in [4.69, 9.17) is 4.74 Å². The Morgan fingerprint density at radius 1 is 1.35 bits per heavy atom. The molecular weight excluding hydrogens is 334 g/mol. The molecule has 0 heterocycles. The van der Waals surface area contributed by atoms with E-state index in [1.165, 1.54) is 46.4 Å². The summed E-state index contributed by atoms with van der Waals surface area (Å²) in [5.74, 6) is 2.21. The van der Waals surface area contributed by atoms with Crippen LogP contribution >= 0.6 is 27.7 Å². The molecule has 2 rings (SSSR count). The van der Waals surface area contributed by atoms with Crippen molar-refractivity contribution in [1.29, 1.82) is 0 Å². The van der Waals surface area contributed by atoms with Crippen molar-refractivity contribution in [2.75, 3.05) is 26.0 Å². The summed E-state index contributed by atoms with van der Waals surface area (Å²) in [4.78, 5) is 1.38. The Labute approximate surface area is 135 Å². The Morgan fingerprint density at radius 2 is 2.15 bits per heavy atom. The molecule has 1 aliphatic rings. The number of ether oxygens (including phenoxy) is 1. The number of hydrogen-bond donors (Lipinski definition) is 1. The van der Waals surface area contributed by atoms with Crippen molar-refractivity contribution in [3.63, 3.8) is 0 Å². The lowest BCUT2D eigenvalue weighted by Crippen LogP contribution is -2.18. The molecule has 1 fully saturated rings. The van der Waals surface area contributed by atoms with Crippen LogP contribution in [-0.4, -0.2) is 26.0 Å². The Kier molecular flexibility index (Phi) is 7.42. The first-order valence-electron chi connectivity index (χ1n) is 7.40. The minimum absolute atomic E-state index is 0.757. The van der Waals surface area contributed by atoms with Crippen LogP contribution in [0.4, 0.5) is 0 Å². The maximum absolute atomic E-state index is 5.03. The molecular formula is C16H24BrNOS. The van der Waals surface area contributed by atoms with E-state index < -0.39 is 0 Å². The van der Waals surface area contributed by atoms with Crippen molar-refractivity contribution in [3.8, 4) is 0 Å². The van der Waals surface area contributed by atoms with Gasteiger partial charge in [-0.3, -0.25) is 0 Å². The molecule has 1 aromatic carbocycles. The molecule has 0 aromatic heterocycles. The van der Waals surface area contributed by atoms with Crippen molar-refractivity contribution >= 4 is 27.7 Å². The zero-order valence-electron chi connectivity index (χ0n) is 12.2. The zero-order chi connectivity index (χ0) is 14.2. The maximum Gasteiger partial charge on any atom is 0.0587 e. The maximum atomic E-state index is 5.03. The minimum Gasteiger partial charge on any atom is -0.383 e. The molecule has 0 saturated heterocycles. The Hall–Kier alpha value is -0.0300. The van der Waals surface area contributed by atoms with E-state index in [9.17, 15) is 0 Å². The summed E-state index contributed by atoms with van der Waals surface area (Å²) in [7, 11) is 1.73. The van der Waals surface area contributed by atoms with Gasteiger partial charge in [-0.1, -0.05) is 34.8 Å². The van der Waals surface area contributed by atoms with Crippen molar-refractivity contribution in [2.24, 2.45) is 5.92 Å². The Balaban J connectivity index is 1.78. The highest BCUT2D eigenvalue weighted by Gasteiger charge is 2.15. The van der Waals surface area contributed by atoms with Gasteiger partial charge in [0.25, 0.3) is 0 Å². The largest absolute Gasteiger partial charge is 0.383 e. The fourth-order valence-corrected chi connectivity index (χ4v) is 4.35. The average molecular weight is 358 g/mol. The van der Waals surface area contributed by atoms with E-state index in [1.807, 2.05) is 11.8 Å². The summed E-state index contributed by atoms with van der Waals surface area (Å²) in [6, 6.07) is 6.73. The monoisotopic (exact) mass is 357 g/mol. The lowest BCUT2D eigenvalue weighted by atomic mass is 10.1. The van der Waals surface area contributed by atoms with Gasteiger partial charge in [0.15, 0.2) is 0 Å². The number of benzene rings is 1. The van der Waals surface area contributed by atoms with Crippen LogP contribution < -0.4 is 5.32 Å². The molecule has 0 bridgehead atoms. The first kappa shape index (κ1) is 16.3. The normalized spacial score (nSPS) is 15.9. The predicted molar refractivity (Wildman–Crippen MR) is 90.4 cm³/mol. The van der Waals surface area contributed by atoms with Crippen molar-refractivity contribution in [2.45, 2.75) is 37.1 Å². The molecule has 1 saturated carbocycles. The summed E-state index contributed by atoms with van der Waals surface area (Å²) < 4.78 is 6.24. The lowest BCUT2D eigenvalue weighted by molar-refractivity contribution is 0.199. The molecule has 20 heavy (non-hydrogen) atoms. The summed E-state index contributed by atoms with van der Waals surface area (Å²) >= 11 is 5.69. The number of nitrogens with one attached hydrogen (secondary N) is 1.